The van der Waals surface area contributed by atoms with E-state index in [1.54, 1.807) is 13.8 Å². The number of hydrogen-bond acceptors (Lipinski definition) is 3. The van der Waals surface area contributed by atoms with Crippen LogP contribution in [-0.2, 0) is 16.1 Å². The SMILES string of the molecule is CC(C)[C@H](NC(=O)OCc1ccccc1)C(=O)Nc1ccc(F)c(F)c1. The molecule has 0 spiro atoms. The van der Waals surface area contributed by atoms with Gasteiger partial charge in [0.1, 0.15) is 12.6 Å². The molecule has 0 saturated carbocycles. The molecule has 0 aliphatic heterocycles. The Morgan fingerprint density at radius 3 is 2.35 bits per heavy atom. The molecule has 7 heteroatoms. The first kappa shape index (κ1) is 19.4. The third-order valence-corrected chi connectivity index (χ3v) is 3.62. The van der Waals surface area contributed by atoms with Crippen LogP contribution in [0.2, 0.25) is 0 Å². The van der Waals surface area contributed by atoms with Gasteiger partial charge in [0, 0.05) is 11.8 Å². The predicted molar refractivity (Wildman–Crippen MR) is 93.4 cm³/mol. The molecule has 2 N–H and O–H groups in total. The van der Waals surface area contributed by atoms with Crippen molar-refractivity contribution >= 4 is 17.7 Å². The van der Waals surface area contributed by atoms with Crippen molar-refractivity contribution in [2.24, 2.45) is 5.92 Å². The Bertz CT molecular complexity index is 767. The lowest BCUT2D eigenvalue weighted by molar-refractivity contribution is -0.119. The second-order valence-corrected chi connectivity index (χ2v) is 6.05. The highest BCUT2D eigenvalue weighted by Crippen LogP contribution is 2.14. The van der Waals surface area contributed by atoms with Crippen LogP contribution < -0.4 is 10.6 Å². The Morgan fingerprint density at radius 2 is 1.73 bits per heavy atom. The van der Waals surface area contributed by atoms with Gasteiger partial charge < -0.3 is 15.4 Å². The number of ether oxygens (including phenoxy) is 1. The van der Waals surface area contributed by atoms with Crippen molar-refractivity contribution in [1.29, 1.82) is 0 Å². The summed E-state index contributed by atoms with van der Waals surface area (Å²) < 4.78 is 31.3. The number of carbonyl (C=O) groups excluding carboxylic acids is 2. The number of nitrogens with one attached hydrogen (secondary N) is 2. The van der Waals surface area contributed by atoms with Crippen molar-refractivity contribution in [3.05, 3.63) is 65.7 Å². The second kappa shape index (κ2) is 8.94. The van der Waals surface area contributed by atoms with Gasteiger partial charge in [-0.3, -0.25) is 4.79 Å². The van der Waals surface area contributed by atoms with Gasteiger partial charge in [-0.15, -0.1) is 0 Å². The molecule has 2 rings (SSSR count). The summed E-state index contributed by atoms with van der Waals surface area (Å²) in [6.45, 7) is 3.56. The van der Waals surface area contributed by atoms with Gasteiger partial charge in [-0.1, -0.05) is 44.2 Å². The summed E-state index contributed by atoms with van der Waals surface area (Å²) in [5.74, 6) is -2.88. The maximum absolute atomic E-state index is 13.2. The number of hydrogen-bond donors (Lipinski definition) is 2. The van der Waals surface area contributed by atoms with E-state index in [1.807, 2.05) is 30.3 Å². The third kappa shape index (κ3) is 5.54. The first-order valence-corrected chi connectivity index (χ1v) is 8.10. The van der Waals surface area contributed by atoms with E-state index in [4.69, 9.17) is 4.74 Å². The van der Waals surface area contributed by atoms with Crippen LogP contribution in [0.3, 0.4) is 0 Å². The monoisotopic (exact) mass is 362 g/mol. The minimum Gasteiger partial charge on any atom is -0.445 e. The second-order valence-electron chi connectivity index (χ2n) is 6.05. The van der Waals surface area contributed by atoms with Gasteiger partial charge in [-0.2, -0.15) is 0 Å². The number of amides is 2. The number of anilines is 1. The van der Waals surface area contributed by atoms with Gasteiger partial charge in [-0.25, -0.2) is 13.6 Å². The molecule has 1 atom stereocenters. The van der Waals surface area contributed by atoms with Crippen molar-refractivity contribution in [1.82, 2.24) is 5.32 Å². The van der Waals surface area contributed by atoms with Crippen LogP contribution in [0.5, 0.6) is 0 Å². The summed E-state index contributed by atoms with van der Waals surface area (Å²) in [4.78, 5) is 24.3. The zero-order valence-electron chi connectivity index (χ0n) is 14.5. The van der Waals surface area contributed by atoms with Gasteiger partial charge >= 0.3 is 6.09 Å². The van der Waals surface area contributed by atoms with Gasteiger partial charge in [0.15, 0.2) is 11.6 Å². The normalized spacial score (nSPS) is 11.7. The van der Waals surface area contributed by atoms with Crippen molar-refractivity contribution in [3.8, 4) is 0 Å². The average Bonchev–Trinajstić information content (AvgIpc) is 2.61. The molecule has 5 nitrogen and oxygen atoms in total. The Kier molecular flexibility index (Phi) is 6.66. The van der Waals surface area contributed by atoms with Gasteiger partial charge in [0.25, 0.3) is 0 Å². The Labute approximate surface area is 150 Å². The Balaban J connectivity index is 1.95. The first-order chi connectivity index (χ1) is 12.4. The van der Waals surface area contributed by atoms with Gasteiger partial charge in [0.2, 0.25) is 5.91 Å². The van der Waals surface area contributed by atoms with Crippen LogP contribution in [0.1, 0.15) is 19.4 Å². The highest BCUT2D eigenvalue weighted by atomic mass is 19.2. The highest BCUT2D eigenvalue weighted by Gasteiger charge is 2.25. The molecule has 0 heterocycles. The largest absolute Gasteiger partial charge is 0.445 e. The van der Waals surface area contributed by atoms with E-state index in [0.29, 0.717) is 0 Å². The highest BCUT2D eigenvalue weighted by molar-refractivity contribution is 5.96. The topological polar surface area (TPSA) is 67.4 Å². The van der Waals surface area contributed by atoms with Crippen LogP contribution in [-0.4, -0.2) is 18.0 Å². The zero-order chi connectivity index (χ0) is 19.1. The van der Waals surface area contributed by atoms with E-state index in [0.717, 1.165) is 17.7 Å². The van der Waals surface area contributed by atoms with Crippen molar-refractivity contribution in [3.63, 3.8) is 0 Å². The molecule has 0 bridgehead atoms. The maximum atomic E-state index is 13.2. The molecule has 0 fully saturated rings. The van der Waals surface area contributed by atoms with Crippen LogP contribution in [0.25, 0.3) is 0 Å². The molecule has 138 valence electrons. The van der Waals surface area contributed by atoms with Gasteiger partial charge in [0.05, 0.1) is 0 Å². The summed E-state index contributed by atoms with van der Waals surface area (Å²) in [6.07, 6.45) is -0.743. The average molecular weight is 362 g/mol. The Hall–Kier alpha value is -2.96. The van der Waals surface area contributed by atoms with Crippen LogP contribution in [0, 0.1) is 17.6 Å². The molecular formula is C19H20F2N2O3. The van der Waals surface area contributed by atoms with Gasteiger partial charge in [-0.05, 0) is 23.6 Å². The molecule has 2 amide bonds. The predicted octanol–water partition coefficient (Wildman–Crippen LogP) is 3.85. The summed E-state index contributed by atoms with van der Waals surface area (Å²) in [5, 5.41) is 4.95. The van der Waals surface area contributed by atoms with E-state index < -0.39 is 29.7 Å². The zero-order valence-corrected chi connectivity index (χ0v) is 14.5. The molecule has 0 radical (unpaired) electrons. The molecule has 0 saturated heterocycles. The number of halogens is 2. The summed E-state index contributed by atoms with van der Waals surface area (Å²) in [5.41, 5.74) is 0.911. The molecule has 2 aromatic carbocycles. The van der Waals surface area contributed by atoms with E-state index in [9.17, 15) is 18.4 Å². The first-order valence-electron chi connectivity index (χ1n) is 8.10. The molecule has 2 aromatic rings. The standard InChI is InChI=1S/C19H20F2N2O3/c1-12(2)17(18(24)22-14-8-9-15(20)16(21)10-14)23-19(25)26-11-13-6-4-3-5-7-13/h3-10,12,17H,11H2,1-2H3,(H,22,24)(H,23,25)/t17-/m0/s1. The molecule has 26 heavy (non-hydrogen) atoms. The van der Waals surface area contributed by atoms with Crippen molar-refractivity contribution < 1.29 is 23.1 Å². The molecule has 0 unspecified atom stereocenters. The van der Waals surface area contributed by atoms with Crippen molar-refractivity contribution in [2.75, 3.05) is 5.32 Å². The minimum absolute atomic E-state index is 0.0717. The number of benzene rings is 2. The lowest BCUT2D eigenvalue weighted by Gasteiger charge is -2.21. The summed E-state index contributed by atoms with van der Waals surface area (Å²) in [7, 11) is 0. The lowest BCUT2D eigenvalue weighted by atomic mass is 10.0. The summed E-state index contributed by atoms with van der Waals surface area (Å²) in [6, 6.07) is 11.2. The number of alkyl carbamates (subject to hydrolysis) is 1. The molecular weight excluding hydrogens is 342 g/mol. The van der Waals surface area contributed by atoms with Crippen LogP contribution in [0.15, 0.2) is 48.5 Å². The number of carbonyl (C=O) groups is 2. The van der Waals surface area contributed by atoms with Crippen LogP contribution in [0.4, 0.5) is 19.3 Å². The van der Waals surface area contributed by atoms with Crippen molar-refractivity contribution in [2.45, 2.75) is 26.5 Å². The van der Waals surface area contributed by atoms with E-state index >= 15 is 0 Å². The smallest absolute Gasteiger partial charge is 0.408 e. The van der Waals surface area contributed by atoms with Crippen LogP contribution >= 0.6 is 0 Å². The maximum Gasteiger partial charge on any atom is 0.408 e. The molecule has 0 aromatic heterocycles. The fraction of sp³-hybridized carbons (Fsp3) is 0.263. The quantitative estimate of drug-likeness (QED) is 0.820. The fourth-order valence-electron chi connectivity index (χ4n) is 2.22. The van der Waals surface area contributed by atoms with E-state index in [1.165, 1.54) is 6.07 Å². The van der Waals surface area contributed by atoms with E-state index in [-0.39, 0.29) is 18.2 Å². The lowest BCUT2D eigenvalue weighted by Crippen LogP contribution is -2.47. The molecule has 0 aliphatic carbocycles. The molecule has 0 aliphatic rings. The number of rotatable bonds is 6. The Morgan fingerprint density at radius 1 is 1.04 bits per heavy atom. The van der Waals surface area contributed by atoms with E-state index in [2.05, 4.69) is 10.6 Å². The summed E-state index contributed by atoms with van der Waals surface area (Å²) >= 11 is 0. The third-order valence-electron chi connectivity index (χ3n) is 3.62. The minimum atomic E-state index is -1.07. The fourth-order valence-corrected chi connectivity index (χ4v) is 2.22.